The molecule has 2 rings (SSSR count). The first kappa shape index (κ1) is 15.6. The summed E-state index contributed by atoms with van der Waals surface area (Å²) in [7, 11) is 0. The number of aromatic nitrogens is 2. The van der Waals surface area contributed by atoms with Crippen molar-refractivity contribution in [2.24, 2.45) is 0 Å². The van der Waals surface area contributed by atoms with Crippen molar-refractivity contribution < 1.29 is 18.3 Å². The average molecular weight is 298 g/mol. The van der Waals surface area contributed by atoms with Crippen molar-refractivity contribution in [2.75, 3.05) is 6.61 Å². The van der Waals surface area contributed by atoms with E-state index in [1.807, 2.05) is 0 Å². The second-order valence-corrected chi connectivity index (χ2v) is 4.94. The third kappa shape index (κ3) is 3.26. The molecular weight excluding hydrogens is 281 g/mol. The largest absolute Gasteiger partial charge is 0.416 e. The van der Waals surface area contributed by atoms with Gasteiger partial charge in [-0.3, -0.25) is 4.68 Å². The van der Waals surface area contributed by atoms with Gasteiger partial charge in [-0.05, 0) is 37.5 Å². The molecule has 0 saturated heterocycles. The van der Waals surface area contributed by atoms with E-state index in [0.29, 0.717) is 6.42 Å². The standard InChI is InChI=1S/C15H17F3N2O/c1-10-13(7-8-21)11(2)20(19-10)9-12-5-3-4-6-14(12)15(16,17)18/h3-6,21H,7-9H2,1-2H3. The zero-order chi connectivity index (χ0) is 15.6. The minimum Gasteiger partial charge on any atom is -0.396 e. The molecule has 3 nitrogen and oxygen atoms in total. The van der Waals surface area contributed by atoms with E-state index < -0.39 is 11.7 Å². The van der Waals surface area contributed by atoms with Crippen LogP contribution in [-0.4, -0.2) is 21.5 Å². The fraction of sp³-hybridized carbons (Fsp3) is 0.400. The molecule has 1 aromatic carbocycles. The molecule has 0 unspecified atom stereocenters. The second-order valence-electron chi connectivity index (χ2n) is 4.94. The monoisotopic (exact) mass is 298 g/mol. The molecule has 0 aliphatic heterocycles. The van der Waals surface area contributed by atoms with Gasteiger partial charge in [-0.2, -0.15) is 18.3 Å². The Morgan fingerprint density at radius 2 is 1.86 bits per heavy atom. The topological polar surface area (TPSA) is 38.0 Å². The minimum absolute atomic E-state index is 0.00743. The summed E-state index contributed by atoms with van der Waals surface area (Å²) >= 11 is 0. The fourth-order valence-corrected chi connectivity index (χ4v) is 2.46. The van der Waals surface area contributed by atoms with Crippen molar-refractivity contribution in [3.8, 4) is 0 Å². The van der Waals surface area contributed by atoms with E-state index in [1.54, 1.807) is 24.6 Å². The van der Waals surface area contributed by atoms with E-state index in [1.165, 1.54) is 12.1 Å². The van der Waals surface area contributed by atoms with Crippen LogP contribution in [0.15, 0.2) is 24.3 Å². The lowest BCUT2D eigenvalue weighted by Crippen LogP contribution is -2.13. The normalized spacial score (nSPS) is 11.9. The zero-order valence-electron chi connectivity index (χ0n) is 11.9. The third-order valence-electron chi connectivity index (χ3n) is 3.54. The molecule has 0 aliphatic rings. The number of hydrogen-bond acceptors (Lipinski definition) is 2. The lowest BCUT2D eigenvalue weighted by molar-refractivity contribution is -0.138. The molecule has 0 saturated carbocycles. The molecule has 114 valence electrons. The first-order valence-corrected chi connectivity index (χ1v) is 6.63. The lowest BCUT2D eigenvalue weighted by Gasteiger charge is -2.13. The summed E-state index contributed by atoms with van der Waals surface area (Å²) in [6, 6.07) is 5.51. The highest BCUT2D eigenvalue weighted by molar-refractivity contribution is 5.31. The molecule has 2 aromatic rings. The number of aliphatic hydroxyl groups excluding tert-OH is 1. The van der Waals surface area contributed by atoms with Gasteiger partial charge in [-0.1, -0.05) is 18.2 Å². The van der Waals surface area contributed by atoms with Crippen LogP contribution in [0.4, 0.5) is 13.2 Å². The van der Waals surface area contributed by atoms with Gasteiger partial charge in [0, 0.05) is 12.3 Å². The number of alkyl halides is 3. The highest BCUT2D eigenvalue weighted by Gasteiger charge is 2.33. The molecule has 1 N–H and O–H groups in total. The third-order valence-corrected chi connectivity index (χ3v) is 3.54. The highest BCUT2D eigenvalue weighted by Crippen LogP contribution is 2.32. The van der Waals surface area contributed by atoms with Crippen LogP contribution in [0.25, 0.3) is 0 Å². The number of nitrogens with zero attached hydrogens (tertiary/aromatic N) is 2. The van der Waals surface area contributed by atoms with E-state index in [-0.39, 0.29) is 18.7 Å². The summed E-state index contributed by atoms with van der Waals surface area (Å²) in [4.78, 5) is 0. The van der Waals surface area contributed by atoms with E-state index in [9.17, 15) is 13.2 Å². The maximum Gasteiger partial charge on any atom is 0.416 e. The molecule has 1 heterocycles. The van der Waals surface area contributed by atoms with Gasteiger partial charge in [-0.25, -0.2) is 0 Å². The summed E-state index contributed by atoms with van der Waals surface area (Å²) in [5.74, 6) is 0. The maximum atomic E-state index is 13.0. The summed E-state index contributed by atoms with van der Waals surface area (Å²) < 4.78 is 40.5. The Morgan fingerprint density at radius 3 is 2.48 bits per heavy atom. The second kappa shape index (κ2) is 5.89. The zero-order valence-corrected chi connectivity index (χ0v) is 11.9. The molecule has 0 aliphatic carbocycles. The predicted molar refractivity (Wildman–Crippen MR) is 73.0 cm³/mol. The molecular formula is C15H17F3N2O. The molecule has 0 radical (unpaired) electrons. The van der Waals surface area contributed by atoms with Crippen LogP contribution >= 0.6 is 0 Å². The van der Waals surface area contributed by atoms with Gasteiger partial charge >= 0.3 is 6.18 Å². The Hall–Kier alpha value is -1.82. The van der Waals surface area contributed by atoms with Crippen LogP contribution in [0.5, 0.6) is 0 Å². The highest BCUT2D eigenvalue weighted by atomic mass is 19.4. The van der Waals surface area contributed by atoms with Crippen LogP contribution in [0.3, 0.4) is 0 Å². The van der Waals surface area contributed by atoms with Gasteiger partial charge < -0.3 is 5.11 Å². The van der Waals surface area contributed by atoms with E-state index >= 15 is 0 Å². The van der Waals surface area contributed by atoms with Crippen molar-refractivity contribution in [3.05, 3.63) is 52.3 Å². The Labute approximate surface area is 121 Å². The van der Waals surface area contributed by atoms with Crippen LogP contribution in [-0.2, 0) is 19.1 Å². The Balaban J connectivity index is 2.38. The number of rotatable bonds is 4. The van der Waals surface area contributed by atoms with Gasteiger partial charge in [0.25, 0.3) is 0 Å². The first-order chi connectivity index (χ1) is 9.84. The molecule has 1 aromatic heterocycles. The van der Waals surface area contributed by atoms with Gasteiger partial charge in [0.05, 0.1) is 17.8 Å². The van der Waals surface area contributed by atoms with Gasteiger partial charge in [0.15, 0.2) is 0 Å². The number of benzene rings is 1. The van der Waals surface area contributed by atoms with E-state index in [4.69, 9.17) is 5.11 Å². The Bertz CT molecular complexity index is 632. The van der Waals surface area contributed by atoms with Gasteiger partial charge in [0.2, 0.25) is 0 Å². The van der Waals surface area contributed by atoms with Crippen LogP contribution in [0.1, 0.15) is 28.1 Å². The van der Waals surface area contributed by atoms with Gasteiger partial charge in [0.1, 0.15) is 0 Å². The smallest absolute Gasteiger partial charge is 0.396 e. The fourth-order valence-electron chi connectivity index (χ4n) is 2.46. The average Bonchev–Trinajstić information content (AvgIpc) is 2.66. The van der Waals surface area contributed by atoms with Gasteiger partial charge in [-0.15, -0.1) is 0 Å². The molecule has 21 heavy (non-hydrogen) atoms. The SMILES string of the molecule is Cc1nn(Cc2ccccc2C(F)(F)F)c(C)c1CCO. The molecule has 0 spiro atoms. The number of aryl methyl sites for hydroxylation is 1. The van der Waals surface area contributed by atoms with E-state index in [2.05, 4.69) is 5.10 Å². The minimum atomic E-state index is -4.37. The Kier molecular flexibility index (Phi) is 4.37. The van der Waals surface area contributed by atoms with Crippen molar-refractivity contribution in [1.82, 2.24) is 9.78 Å². The van der Waals surface area contributed by atoms with Crippen LogP contribution < -0.4 is 0 Å². The number of aliphatic hydroxyl groups is 1. The van der Waals surface area contributed by atoms with Crippen molar-refractivity contribution in [1.29, 1.82) is 0 Å². The summed E-state index contributed by atoms with van der Waals surface area (Å²) in [6.07, 6.45) is -3.92. The van der Waals surface area contributed by atoms with Crippen molar-refractivity contribution >= 4 is 0 Å². The molecule has 6 heteroatoms. The number of hydrogen-bond donors (Lipinski definition) is 1. The van der Waals surface area contributed by atoms with Crippen LogP contribution in [0, 0.1) is 13.8 Å². The summed E-state index contributed by atoms with van der Waals surface area (Å²) in [5, 5.41) is 13.3. The summed E-state index contributed by atoms with van der Waals surface area (Å²) in [6.45, 7) is 3.66. The first-order valence-electron chi connectivity index (χ1n) is 6.63. The predicted octanol–water partition coefficient (Wildman–Crippen LogP) is 3.10. The van der Waals surface area contributed by atoms with Crippen molar-refractivity contribution in [2.45, 2.75) is 33.0 Å². The maximum absolute atomic E-state index is 13.0. The molecule has 0 bridgehead atoms. The Morgan fingerprint density at radius 1 is 1.19 bits per heavy atom. The quantitative estimate of drug-likeness (QED) is 0.942. The van der Waals surface area contributed by atoms with E-state index in [0.717, 1.165) is 23.0 Å². The molecule has 0 fully saturated rings. The van der Waals surface area contributed by atoms with Crippen LogP contribution in [0.2, 0.25) is 0 Å². The summed E-state index contributed by atoms with van der Waals surface area (Å²) in [5.41, 5.74) is 1.97. The molecule has 0 atom stereocenters. The number of halogens is 3. The van der Waals surface area contributed by atoms with Crippen molar-refractivity contribution in [3.63, 3.8) is 0 Å². The lowest BCUT2D eigenvalue weighted by atomic mass is 10.1. The molecule has 0 amide bonds.